The van der Waals surface area contributed by atoms with Gasteiger partial charge in [0.1, 0.15) is 11.9 Å². The lowest BCUT2D eigenvalue weighted by Crippen LogP contribution is -2.42. The minimum Gasteiger partial charge on any atom is -0.487 e. The van der Waals surface area contributed by atoms with Gasteiger partial charge in [-0.15, -0.1) is 0 Å². The maximum absolute atomic E-state index is 12.7. The second-order valence-electron chi connectivity index (χ2n) is 6.64. The summed E-state index contributed by atoms with van der Waals surface area (Å²) in [6.45, 7) is 6.91. The van der Waals surface area contributed by atoms with E-state index >= 15 is 0 Å². The number of hydrogen-bond donors (Lipinski definition) is 1. The summed E-state index contributed by atoms with van der Waals surface area (Å²) in [6, 6.07) is 6.09. The SMILES string of the molecule is Cc1ccc2c(c1)O[C@H](C)CN2C(=O)CCC1CCNCC1. The summed E-state index contributed by atoms with van der Waals surface area (Å²) in [4.78, 5) is 14.6. The van der Waals surface area contributed by atoms with Crippen LogP contribution in [0.3, 0.4) is 0 Å². The monoisotopic (exact) mass is 302 g/mol. The van der Waals surface area contributed by atoms with Gasteiger partial charge in [0.25, 0.3) is 0 Å². The minimum absolute atomic E-state index is 0.0529. The summed E-state index contributed by atoms with van der Waals surface area (Å²) in [7, 11) is 0. The van der Waals surface area contributed by atoms with E-state index in [9.17, 15) is 4.79 Å². The third kappa shape index (κ3) is 3.43. The summed E-state index contributed by atoms with van der Waals surface area (Å²) in [5.41, 5.74) is 2.09. The summed E-state index contributed by atoms with van der Waals surface area (Å²) in [5, 5.41) is 3.38. The van der Waals surface area contributed by atoms with Crippen LogP contribution in [-0.2, 0) is 4.79 Å². The topological polar surface area (TPSA) is 41.6 Å². The van der Waals surface area contributed by atoms with Gasteiger partial charge in [0.2, 0.25) is 5.91 Å². The van der Waals surface area contributed by atoms with Gasteiger partial charge in [-0.3, -0.25) is 4.79 Å². The molecule has 0 bridgehead atoms. The van der Waals surface area contributed by atoms with E-state index in [1.54, 1.807) is 0 Å². The van der Waals surface area contributed by atoms with E-state index in [2.05, 4.69) is 5.32 Å². The number of anilines is 1. The van der Waals surface area contributed by atoms with Gasteiger partial charge >= 0.3 is 0 Å². The summed E-state index contributed by atoms with van der Waals surface area (Å²) in [5.74, 6) is 1.77. The molecule has 0 saturated carbocycles. The Bertz CT molecular complexity index is 538. The Balaban J connectivity index is 1.67. The molecule has 3 rings (SSSR count). The highest BCUT2D eigenvalue weighted by Gasteiger charge is 2.28. The van der Waals surface area contributed by atoms with Crippen molar-refractivity contribution < 1.29 is 9.53 Å². The fourth-order valence-electron chi connectivity index (χ4n) is 3.42. The van der Waals surface area contributed by atoms with Crippen LogP contribution in [0.4, 0.5) is 5.69 Å². The molecule has 1 aromatic carbocycles. The first-order chi connectivity index (χ1) is 10.6. The van der Waals surface area contributed by atoms with Crippen LogP contribution in [0.25, 0.3) is 0 Å². The molecule has 1 N–H and O–H groups in total. The van der Waals surface area contributed by atoms with Crippen molar-refractivity contribution in [3.8, 4) is 5.75 Å². The highest BCUT2D eigenvalue weighted by Crippen LogP contribution is 2.35. The molecule has 0 aliphatic carbocycles. The lowest BCUT2D eigenvalue weighted by molar-refractivity contribution is -0.119. The average Bonchev–Trinajstić information content (AvgIpc) is 2.52. The number of rotatable bonds is 3. The number of amides is 1. The predicted octanol–water partition coefficient (Wildman–Crippen LogP) is 2.89. The Morgan fingerprint density at radius 1 is 1.36 bits per heavy atom. The zero-order chi connectivity index (χ0) is 15.5. The third-order valence-electron chi connectivity index (χ3n) is 4.70. The molecule has 1 fully saturated rings. The van der Waals surface area contributed by atoms with Gasteiger partial charge in [-0.05, 0) is 69.8 Å². The average molecular weight is 302 g/mol. The first-order valence-corrected chi connectivity index (χ1v) is 8.42. The van der Waals surface area contributed by atoms with Crippen LogP contribution < -0.4 is 15.0 Å². The van der Waals surface area contributed by atoms with Crippen molar-refractivity contribution in [2.24, 2.45) is 5.92 Å². The molecule has 0 spiro atoms. The predicted molar refractivity (Wildman–Crippen MR) is 88.4 cm³/mol. The van der Waals surface area contributed by atoms with Crippen LogP contribution >= 0.6 is 0 Å². The summed E-state index contributed by atoms with van der Waals surface area (Å²) in [6.07, 6.45) is 4.10. The van der Waals surface area contributed by atoms with E-state index in [-0.39, 0.29) is 12.0 Å². The molecule has 1 amide bonds. The fourth-order valence-corrected chi connectivity index (χ4v) is 3.42. The van der Waals surface area contributed by atoms with E-state index in [1.165, 1.54) is 12.8 Å². The summed E-state index contributed by atoms with van der Waals surface area (Å²) >= 11 is 0. The Hall–Kier alpha value is -1.55. The zero-order valence-corrected chi connectivity index (χ0v) is 13.6. The Labute approximate surface area is 132 Å². The molecule has 4 heteroatoms. The van der Waals surface area contributed by atoms with Crippen LogP contribution in [0, 0.1) is 12.8 Å². The molecule has 0 aromatic heterocycles. The molecule has 1 atom stereocenters. The molecule has 2 heterocycles. The van der Waals surface area contributed by atoms with Crippen molar-refractivity contribution in [1.29, 1.82) is 0 Å². The first kappa shape index (κ1) is 15.3. The smallest absolute Gasteiger partial charge is 0.227 e. The van der Waals surface area contributed by atoms with Gasteiger partial charge in [0.15, 0.2) is 0 Å². The van der Waals surface area contributed by atoms with Crippen LogP contribution in [0.5, 0.6) is 5.75 Å². The van der Waals surface area contributed by atoms with Gasteiger partial charge in [-0.25, -0.2) is 0 Å². The number of nitrogens with one attached hydrogen (secondary N) is 1. The molecule has 2 aliphatic heterocycles. The molecule has 0 radical (unpaired) electrons. The normalized spacial score (nSPS) is 22.1. The lowest BCUT2D eigenvalue weighted by Gasteiger charge is -2.34. The molecular weight excluding hydrogens is 276 g/mol. The van der Waals surface area contributed by atoms with E-state index < -0.39 is 0 Å². The molecule has 22 heavy (non-hydrogen) atoms. The Morgan fingerprint density at radius 3 is 2.91 bits per heavy atom. The number of nitrogens with zero attached hydrogens (tertiary/aromatic N) is 1. The van der Waals surface area contributed by atoms with Crippen molar-refractivity contribution in [2.45, 2.75) is 45.6 Å². The third-order valence-corrected chi connectivity index (χ3v) is 4.70. The van der Waals surface area contributed by atoms with Crippen molar-refractivity contribution >= 4 is 11.6 Å². The number of fused-ring (bicyclic) bond motifs is 1. The second kappa shape index (κ2) is 6.69. The highest BCUT2D eigenvalue weighted by atomic mass is 16.5. The first-order valence-electron chi connectivity index (χ1n) is 8.42. The number of carbonyl (C=O) groups is 1. The van der Waals surface area contributed by atoms with Gasteiger partial charge in [-0.2, -0.15) is 0 Å². The Kier molecular flexibility index (Phi) is 4.67. The maximum Gasteiger partial charge on any atom is 0.227 e. The molecular formula is C18H26N2O2. The second-order valence-corrected chi connectivity index (χ2v) is 6.64. The number of carbonyl (C=O) groups excluding carboxylic acids is 1. The quantitative estimate of drug-likeness (QED) is 0.933. The van der Waals surface area contributed by atoms with Crippen LogP contribution in [0.1, 0.15) is 38.2 Å². The van der Waals surface area contributed by atoms with Crippen molar-refractivity contribution in [3.63, 3.8) is 0 Å². The molecule has 1 aromatic rings. The zero-order valence-electron chi connectivity index (χ0n) is 13.6. The molecule has 1 saturated heterocycles. The standard InChI is InChI=1S/C18H26N2O2/c1-13-3-5-16-17(11-13)22-14(2)12-20(16)18(21)6-4-15-7-9-19-10-8-15/h3,5,11,14-15,19H,4,6-10,12H2,1-2H3/t14-/m1/s1. The van der Waals surface area contributed by atoms with E-state index in [0.717, 1.165) is 36.5 Å². The van der Waals surface area contributed by atoms with E-state index in [0.29, 0.717) is 18.9 Å². The van der Waals surface area contributed by atoms with Crippen molar-refractivity contribution in [2.75, 3.05) is 24.5 Å². The molecule has 4 nitrogen and oxygen atoms in total. The number of aryl methyl sites for hydroxylation is 1. The van der Waals surface area contributed by atoms with Gasteiger partial charge in [0, 0.05) is 6.42 Å². The van der Waals surface area contributed by atoms with E-state index in [4.69, 9.17) is 4.74 Å². The van der Waals surface area contributed by atoms with Gasteiger partial charge in [0.05, 0.1) is 12.2 Å². The fraction of sp³-hybridized carbons (Fsp3) is 0.611. The lowest BCUT2D eigenvalue weighted by atomic mass is 9.93. The van der Waals surface area contributed by atoms with Crippen molar-refractivity contribution in [1.82, 2.24) is 5.32 Å². The molecule has 120 valence electrons. The number of piperidine rings is 1. The van der Waals surface area contributed by atoms with Crippen molar-refractivity contribution in [3.05, 3.63) is 23.8 Å². The summed E-state index contributed by atoms with van der Waals surface area (Å²) < 4.78 is 5.89. The number of hydrogen-bond acceptors (Lipinski definition) is 3. The van der Waals surface area contributed by atoms with Gasteiger partial charge < -0.3 is 15.0 Å². The van der Waals surface area contributed by atoms with Crippen LogP contribution in [0.15, 0.2) is 18.2 Å². The highest BCUT2D eigenvalue weighted by molar-refractivity contribution is 5.95. The largest absolute Gasteiger partial charge is 0.487 e. The minimum atomic E-state index is 0.0529. The Morgan fingerprint density at radius 2 is 2.14 bits per heavy atom. The molecule has 0 unspecified atom stereocenters. The molecule has 2 aliphatic rings. The van der Waals surface area contributed by atoms with Crippen LogP contribution in [0.2, 0.25) is 0 Å². The van der Waals surface area contributed by atoms with Crippen LogP contribution in [-0.4, -0.2) is 31.6 Å². The maximum atomic E-state index is 12.7. The number of benzene rings is 1. The number of ether oxygens (including phenoxy) is 1. The van der Waals surface area contributed by atoms with E-state index in [1.807, 2.05) is 36.9 Å². The van der Waals surface area contributed by atoms with Gasteiger partial charge in [-0.1, -0.05) is 6.07 Å².